The van der Waals surface area contributed by atoms with E-state index in [-0.39, 0.29) is 11.4 Å². The third kappa shape index (κ3) is 2.87. The van der Waals surface area contributed by atoms with Crippen molar-refractivity contribution in [1.82, 2.24) is 0 Å². The van der Waals surface area contributed by atoms with Crippen molar-refractivity contribution in [3.8, 4) is 5.75 Å². The first-order valence-electron chi connectivity index (χ1n) is 7.11. The normalized spacial score (nSPS) is 11.0. The van der Waals surface area contributed by atoms with Crippen LogP contribution in [0.2, 0.25) is 0 Å². The summed E-state index contributed by atoms with van der Waals surface area (Å²) >= 11 is 0. The fourth-order valence-electron chi connectivity index (χ4n) is 2.36. The van der Waals surface area contributed by atoms with Crippen molar-refractivity contribution in [2.75, 3.05) is 12.8 Å². The number of nitro groups is 1. The first-order valence-corrected chi connectivity index (χ1v) is 7.11. The van der Waals surface area contributed by atoms with Crippen molar-refractivity contribution in [3.05, 3.63) is 64.7 Å². The highest BCUT2D eigenvalue weighted by atomic mass is 16.6. The van der Waals surface area contributed by atoms with E-state index in [0.29, 0.717) is 17.1 Å². The minimum absolute atomic E-state index is 0.0660. The van der Waals surface area contributed by atoms with Crippen LogP contribution in [0.5, 0.6) is 5.75 Å². The van der Waals surface area contributed by atoms with Crippen molar-refractivity contribution >= 4 is 33.5 Å². The van der Waals surface area contributed by atoms with E-state index in [0.717, 1.165) is 10.8 Å². The molecule has 7 nitrogen and oxygen atoms in total. The van der Waals surface area contributed by atoms with E-state index >= 15 is 0 Å². The molecule has 120 valence electrons. The van der Waals surface area contributed by atoms with Crippen molar-refractivity contribution < 1.29 is 9.66 Å². The van der Waals surface area contributed by atoms with Gasteiger partial charge in [-0.1, -0.05) is 24.3 Å². The number of nitrogens with two attached hydrogens (primary N) is 1. The van der Waals surface area contributed by atoms with Crippen molar-refractivity contribution in [2.45, 2.75) is 0 Å². The first kappa shape index (κ1) is 15.4. The summed E-state index contributed by atoms with van der Waals surface area (Å²) in [6.07, 6.45) is 0. The maximum atomic E-state index is 10.8. The fraction of sp³-hybridized carbons (Fsp3) is 0.0588. The molecule has 0 amide bonds. The summed E-state index contributed by atoms with van der Waals surface area (Å²) in [4.78, 5) is 10.3. The molecule has 0 spiro atoms. The van der Waals surface area contributed by atoms with Gasteiger partial charge < -0.3 is 10.5 Å². The Morgan fingerprint density at radius 3 is 2.38 bits per heavy atom. The van der Waals surface area contributed by atoms with Gasteiger partial charge in [0.05, 0.1) is 23.8 Å². The Kier molecular flexibility index (Phi) is 4.07. The van der Waals surface area contributed by atoms with E-state index < -0.39 is 4.92 Å². The van der Waals surface area contributed by atoms with Gasteiger partial charge >= 0.3 is 0 Å². The molecule has 24 heavy (non-hydrogen) atoms. The minimum Gasteiger partial charge on any atom is -0.494 e. The van der Waals surface area contributed by atoms with Gasteiger partial charge in [0.2, 0.25) is 0 Å². The van der Waals surface area contributed by atoms with E-state index in [1.807, 2.05) is 24.3 Å². The van der Waals surface area contributed by atoms with Crippen LogP contribution in [0.25, 0.3) is 10.8 Å². The van der Waals surface area contributed by atoms with Crippen LogP contribution in [-0.4, -0.2) is 12.0 Å². The highest BCUT2D eigenvalue weighted by molar-refractivity contribution is 5.99. The number of hydrogen-bond donors (Lipinski definition) is 1. The first-order chi connectivity index (χ1) is 11.6. The number of azo groups is 1. The summed E-state index contributed by atoms with van der Waals surface area (Å²) in [6, 6.07) is 15.3. The molecule has 0 aliphatic rings. The van der Waals surface area contributed by atoms with Gasteiger partial charge in [-0.2, -0.15) is 0 Å². The number of methoxy groups -OCH3 is 1. The molecular formula is C17H14N4O3. The molecule has 0 aliphatic heterocycles. The molecule has 0 atom stereocenters. The number of anilines is 1. The van der Waals surface area contributed by atoms with Crippen LogP contribution in [-0.2, 0) is 0 Å². The summed E-state index contributed by atoms with van der Waals surface area (Å²) < 4.78 is 5.15. The second kappa shape index (κ2) is 6.33. The Balaban J connectivity index is 2.03. The largest absolute Gasteiger partial charge is 0.494 e. The molecule has 2 N–H and O–H groups in total. The Bertz CT molecular complexity index is 954. The second-order valence-electron chi connectivity index (χ2n) is 5.03. The van der Waals surface area contributed by atoms with Gasteiger partial charge in [0, 0.05) is 22.5 Å². The smallest absolute Gasteiger partial charge is 0.273 e. The topological polar surface area (TPSA) is 103 Å². The van der Waals surface area contributed by atoms with Gasteiger partial charge in [-0.25, -0.2) is 0 Å². The lowest BCUT2D eigenvalue weighted by atomic mass is 10.1. The van der Waals surface area contributed by atoms with E-state index in [1.165, 1.54) is 25.3 Å². The molecule has 7 heteroatoms. The van der Waals surface area contributed by atoms with Crippen molar-refractivity contribution in [3.63, 3.8) is 0 Å². The Hall–Kier alpha value is -3.48. The van der Waals surface area contributed by atoms with E-state index in [9.17, 15) is 10.1 Å². The lowest BCUT2D eigenvalue weighted by Gasteiger charge is -2.05. The van der Waals surface area contributed by atoms with E-state index in [2.05, 4.69) is 10.2 Å². The molecule has 0 saturated carbocycles. The average molecular weight is 322 g/mol. The Morgan fingerprint density at radius 2 is 1.67 bits per heavy atom. The number of fused-ring (bicyclic) bond motifs is 1. The lowest BCUT2D eigenvalue weighted by molar-refractivity contribution is -0.384. The van der Waals surface area contributed by atoms with Gasteiger partial charge in [0.15, 0.2) is 5.75 Å². The zero-order valence-electron chi connectivity index (χ0n) is 12.8. The second-order valence-corrected chi connectivity index (χ2v) is 5.03. The van der Waals surface area contributed by atoms with E-state index in [1.54, 1.807) is 12.1 Å². The maximum Gasteiger partial charge on any atom is 0.273 e. The molecule has 0 saturated heterocycles. The summed E-state index contributed by atoms with van der Waals surface area (Å²) in [6.45, 7) is 0. The van der Waals surface area contributed by atoms with Crippen LogP contribution >= 0.6 is 0 Å². The van der Waals surface area contributed by atoms with Gasteiger partial charge in [0.25, 0.3) is 5.69 Å². The van der Waals surface area contributed by atoms with E-state index in [4.69, 9.17) is 10.5 Å². The van der Waals surface area contributed by atoms with Crippen LogP contribution in [0.3, 0.4) is 0 Å². The number of nitrogen functional groups attached to an aromatic ring is 1. The summed E-state index contributed by atoms with van der Waals surface area (Å²) in [7, 11) is 1.43. The molecule has 0 fully saturated rings. The Morgan fingerprint density at radius 1 is 1.00 bits per heavy atom. The Labute approximate surface area is 137 Å². The van der Waals surface area contributed by atoms with Crippen molar-refractivity contribution in [2.24, 2.45) is 10.2 Å². The van der Waals surface area contributed by atoms with Crippen LogP contribution in [0.4, 0.5) is 22.7 Å². The summed E-state index contributed by atoms with van der Waals surface area (Å²) in [5.41, 5.74) is 7.62. The third-order valence-corrected chi connectivity index (χ3v) is 3.57. The average Bonchev–Trinajstić information content (AvgIpc) is 2.61. The maximum absolute atomic E-state index is 10.8. The molecule has 0 unspecified atom stereocenters. The predicted octanol–water partition coefficient (Wildman–Crippen LogP) is 4.75. The zero-order chi connectivity index (χ0) is 17.1. The molecule has 0 bridgehead atoms. The number of benzene rings is 3. The summed E-state index contributed by atoms with van der Waals surface area (Å²) in [5, 5.41) is 21.0. The fourth-order valence-corrected chi connectivity index (χ4v) is 2.36. The molecule has 3 aromatic rings. The molecule has 0 aromatic heterocycles. The quantitative estimate of drug-likeness (QED) is 0.324. The standard InChI is InChI=1S/C17H14N4O3/c1-24-17-10-11(21(22)23)6-8-16(17)20-19-15-9-7-14(18)12-4-2-3-5-13(12)15/h2-10H,18H2,1H3. The predicted molar refractivity (Wildman–Crippen MR) is 92.2 cm³/mol. The molecule has 3 rings (SSSR count). The van der Waals surface area contributed by atoms with Crippen LogP contribution in [0.15, 0.2) is 64.8 Å². The molecule has 3 aromatic carbocycles. The minimum atomic E-state index is -0.489. The number of rotatable bonds is 4. The molecule has 0 aliphatic carbocycles. The van der Waals surface area contributed by atoms with Gasteiger partial charge in [0.1, 0.15) is 5.69 Å². The third-order valence-electron chi connectivity index (χ3n) is 3.57. The molecule has 0 heterocycles. The highest BCUT2D eigenvalue weighted by Gasteiger charge is 2.11. The van der Waals surface area contributed by atoms with Gasteiger partial charge in [-0.05, 0) is 18.2 Å². The van der Waals surface area contributed by atoms with Crippen LogP contribution < -0.4 is 10.5 Å². The number of non-ortho nitro benzene ring substituents is 1. The highest BCUT2D eigenvalue weighted by Crippen LogP contribution is 2.35. The molecular weight excluding hydrogens is 308 g/mol. The number of nitrogens with zero attached hydrogens (tertiary/aromatic N) is 3. The number of ether oxygens (including phenoxy) is 1. The molecule has 0 radical (unpaired) electrons. The monoisotopic (exact) mass is 322 g/mol. The number of hydrogen-bond acceptors (Lipinski definition) is 6. The van der Waals surface area contributed by atoms with Crippen molar-refractivity contribution in [1.29, 1.82) is 0 Å². The van der Waals surface area contributed by atoms with Gasteiger partial charge in [-0.3, -0.25) is 10.1 Å². The van der Waals surface area contributed by atoms with Gasteiger partial charge in [-0.15, -0.1) is 10.2 Å². The SMILES string of the molecule is COc1cc([N+](=O)[O-])ccc1N=Nc1ccc(N)c2ccccc12. The number of nitro benzene ring substituents is 1. The van der Waals surface area contributed by atoms with Crippen LogP contribution in [0, 0.1) is 10.1 Å². The zero-order valence-corrected chi connectivity index (χ0v) is 12.8. The lowest BCUT2D eigenvalue weighted by Crippen LogP contribution is -1.90. The summed E-state index contributed by atoms with van der Waals surface area (Å²) in [5.74, 6) is 0.285. The van der Waals surface area contributed by atoms with Crippen LogP contribution in [0.1, 0.15) is 0 Å².